The van der Waals surface area contributed by atoms with E-state index in [-0.39, 0.29) is 16.5 Å². The van der Waals surface area contributed by atoms with E-state index < -0.39 is 9.84 Å². The molecule has 1 aromatic heterocycles. The molecule has 0 amide bonds. The smallest absolute Gasteiger partial charge is 0.184 e. The number of sulfone groups is 1. The Kier molecular flexibility index (Phi) is 6.26. The molecule has 7 heteroatoms. The maximum atomic E-state index is 12.2. The van der Waals surface area contributed by atoms with Crippen molar-refractivity contribution < 1.29 is 8.42 Å². The molecular formula is C13H25N3O2S2. The summed E-state index contributed by atoms with van der Waals surface area (Å²) in [5.41, 5.74) is 5.78. The van der Waals surface area contributed by atoms with Crippen molar-refractivity contribution in [3.8, 4) is 0 Å². The number of nitrogens with two attached hydrogens (primary N) is 1. The van der Waals surface area contributed by atoms with Crippen LogP contribution in [0.1, 0.15) is 40.5 Å². The number of hydrogen-bond donors (Lipinski definition) is 1. The Morgan fingerprint density at radius 1 is 1.25 bits per heavy atom. The van der Waals surface area contributed by atoms with Crippen molar-refractivity contribution in [3.63, 3.8) is 0 Å². The van der Waals surface area contributed by atoms with Crippen molar-refractivity contribution in [1.82, 2.24) is 4.37 Å². The summed E-state index contributed by atoms with van der Waals surface area (Å²) in [5.74, 6) is 0.732. The summed E-state index contributed by atoms with van der Waals surface area (Å²) in [7, 11) is -3.34. The molecule has 116 valence electrons. The van der Waals surface area contributed by atoms with Crippen LogP contribution in [-0.4, -0.2) is 31.6 Å². The monoisotopic (exact) mass is 319 g/mol. The van der Waals surface area contributed by atoms with Gasteiger partial charge in [0, 0.05) is 13.1 Å². The molecule has 0 atom stereocenters. The third kappa shape index (κ3) is 3.63. The zero-order chi connectivity index (χ0) is 15.3. The van der Waals surface area contributed by atoms with Crippen LogP contribution in [0.3, 0.4) is 0 Å². The Bertz CT molecular complexity index is 522. The predicted molar refractivity (Wildman–Crippen MR) is 86.2 cm³/mol. The van der Waals surface area contributed by atoms with Crippen molar-refractivity contribution in [1.29, 1.82) is 0 Å². The molecular weight excluding hydrogens is 294 g/mol. The molecule has 20 heavy (non-hydrogen) atoms. The lowest BCUT2D eigenvalue weighted by Crippen LogP contribution is -2.29. The average Bonchev–Trinajstić information content (AvgIpc) is 2.83. The van der Waals surface area contributed by atoms with Gasteiger partial charge < -0.3 is 10.6 Å². The molecule has 0 aliphatic rings. The van der Waals surface area contributed by atoms with E-state index in [1.54, 1.807) is 6.92 Å². The first-order valence-electron chi connectivity index (χ1n) is 7.13. The molecule has 0 spiro atoms. The van der Waals surface area contributed by atoms with Crippen LogP contribution in [0.15, 0.2) is 4.90 Å². The highest BCUT2D eigenvalue weighted by atomic mass is 32.2. The van der Waals surface area contributed by atoms with Crippen LogP contribution < -0.4 is 10.6 Å². The second-order valence-electron chi connectivity index (χ2n) is 4.83. The summed E-state index contributed by atoms with van der Waals surface area (Å²) in [6.07, 6.45) is 2.16. The SMILES string of the molecule is CCC(CC)CN(CC)c1snc(N)c1S(=O)(=O)CC. The molecule has 1 rings (SSSR count). The third-order valence-corrected chi connectivity index (χ3v) is 6.49. The average molecular weight is 319 g/mol. The van der Waals surface area contributed by atoms with Gasteiger partial charge in [0.2, 0.25) is 0 Å². The first-order chi connectivity index (χ1) is 9.41. The Morgan fingerprint density at radius 2 is 1.85 bits per heavy atom. The molecule has 2 N–H and O–H groups in total. The molecule has 1 heterocycles. The summed E-state index contributed by atoms with van der Waals surface area (Å²) in [6, 6.07) is 0. The molecule has 1 aromatic rings. The molecule has 0 radical (unpaired) electrons. The van der Waals surface area contributed by atoms with Crippen LogP contribution in [0.4, 0.5) is 10.8 Å². The van der Waals surface area contributed by atoms with Crippen LogP contribution in [0.2, 0.25) is 0 Å². The zero-order valence-corrected chi connectivity index (χ0v) is 14.4. The summed E-state index contributed by atoms with van der Waals surface area (Å²) >= 11 is 1.19. The first kappa shape index (κ1) is 17.2. The predicted octanol–water partition coefficient (Wildman–Crippen LogP) is 2.78. The summed E-state index contributed by atoms with van der Waals surface area (Å²) in [5, 5.41) is 0.693. The fourth-order valence-corrected chi connectivity index (χ4v) is 4.52. The van der Waals surface area contributed by atoms with Gasteiger partial charge in [-0.15, -0.1) is 0 Å². The second-order valence-corrected chi connectivity index (χ2v) is 7.79. The zero-order valence-electron chi connectivity index (χ0n) is 12.7. The minimum atomic E-state index is -3.34. The van der Waals surface area contributed by atoms with E-state index in [1.165, 1.54) is 11.5 Å². The Balaban J connectivity index is 3.18. The van der Waals surface area contributed by atoms with Crippen molar-refractivity contribution in [3.05, 3.63) is 0 Å². The Hall–Kier alpha value is -0.820. The lowest BCUT2D eigenvalue weighted by Gasteiger charge is -2.26. The minimum absolute atomic E-state index is 0.0468. The van der Waals surface area contributed by atoms with Crippen LogP contribution >= 0.6 is 11.5 Å². The highest BCUT2D eigenvalue weighted by Gasteiger charge is 2.27. The molecule has 0 saturated carbocycles. The van der Waals surface area contributed by atoms with Crippen LogP contribution in [0.5, 0.6) is 0 Å². The van der Waals surface area contributed by atoms with Crippen molar-refractivity contribution >= 4 is 32.2 Å². The van der Waals surface area contributed by atoms with E-state index in [9.17, 15) is 8.42 Å². The maximum absolute atomic E-state index is 12.2. The van der Waals surface area contributed by atoms with Crippen molar-refractivity contribution in [2.45, 2.75) is 45.4 Å². The number of nitrogens with zero attached hydrogens (tertiary/aromatic N) is 2. The number of hydrogen-bond acceptors (Lipinski definition) is 6. The quantitative estimate of drug-likeness (QED) is 0.797. The fourth-order valence-electron chi connectivity index (χ4n) is 2.14. The largest absolute Gasteiger partial charge is 0.382 e. The number of aromatic nitrogens is 1. The lowest BCUT2D eigenvalue weighted by atomic mass is 10.0. The van der Waals surface area contributed by atoms with E-state index in [0.29, 0.717) is 10.9 Å². The normalized spacial score (nSPS) is 12.1. The number of rotatable bonds is 8. The standard InChI is InChI=1S/C13H25N3O2S2/c1-5-10(6-2)9-16(7-3)13-11(12(14)15-19-13)20(17,18)8-4/h10H,5-9H2,1-4H3,(H2,14,15). The highest BCUT2D eigenvalue weighted by molar-refractivity contribution is 7.91. The van der Waals surface area contributed by atoms with Gasteiger partial charge in [-0.25, -0.2) is 8.42 Å². The van der Waals surface area contributed by atoms with E-state index in [4.69, 9.17) is 5.73 Å². The van der Waals surface area contributed by atoms with E-state index in [1.807, 2.05) is 6.92 Å². The van der Waals surface area contributed by atoms with Gasteiger partial charge in [-0.1, -0.05) is 33.6 Å². The number of nitrogen functional groups attached to an aromatic ring is 1. The van der Waals surface area contributed by atoms with Crippen LogP contribution in [0, 0.1) is 5.92 Å². The molecule has 0 aromatic carbocycles. The molecule has 0 aliphatic heterocycles. The summed E-state index contributed by atoms with van der Waals surface area (Å²) in [4.78, 5) is 2.31. The van der Waals surface area contributed by atoms with Gasteiger partial charge >= 0.3 is 0 Å². The Labute approximate surface area is 126 Å². The highest BCUT2D eigenvalue weighted by Crippen LogP contribution is 2.36. The van der Waals surface area contributed by atoms with E-state index in [2.05, 4.69) is 23.1 Å². The van der Waals surface area contributed by atoms with Gasteiger partial charge in [0.05, 0.1) is 5.75 Å². The molecule has 0 saturated heterocycles. The second kappa shape index (κ2) is 7.26. The van der Waals surface area contributed by atoms with Crippen LogP contribution in [-0.2, 0) is 9.84 Å². The first-order valence-corrected chi connectivity index (χ1v) is 9.56. The van der Waals surface area contributed by atoms with Gasteiger partial charge in [-0.05, 0) is 24.4 Å². The Morgan fingerprint density at radius 3 is 2.30 bits per heavy atom. The minimum Gasteiger partial charge on any atom is -0.382 e. The molecule has 0 fully saturated rings. The summed E-state index contributed by atoms with van der Waals surface area (Å²) < 4.78 is 28.5. The van der Waals surface area contributed by atoms with Crippen LogP contribution in [0.25, 0.3) is 0 Å². The number of anilines is 2. The van der Waals surface area contributed by atoms with Crippen molar-refractivity contribution in [2.75, 3.05) is 29.5 Å². The maximum Gasteiger partial charge on any atom is 0.184 e. The van der Waals surface area contributed by atoms with E-state index >= 15 is 0 Å². The van der Waals surface area contributed by atoms with Gasteiger partial charge in [0.15, 0.2) is 15.7 Å². The third-order valence-electron chi connectivity index (χ3n) is 3.65. The molecule has 0 bridgehead atoms. The van der Waals surface area contributed by atoms with Gasteiger partial charge in [-0.3, -0.25) is 0 Å². The summed E-state index contributed by atoms with van der Waals surface area (Å²) in [6.45, 7) is 9.58. The molecule has 5 nitrogen and oxygen atoms in total. The van der Waals surface area contributed by atoms with E-state index in [0.717, 1.165) is 25.9 Å². The molecule has 0 unspecified atom stereocenters. The molecule has 0 aliphatic carbocycles. The van der Waals surface area contributed by atoms with Gasteiger partial charge in [0.25, 0.3) is 0 Å². The topological polar surface area (TPSA) is 76.3 Å². The van der Waals surface area contributed by atoms with Crippen molar-refractivity contribution in [2.24, 2.45) is 5.92 Å². The van der Waals surface area contributed by atoms with Gasteiger partial charge in [-0.2, -0.15) is 4.37 Å². The fraction of sp³-hybridized carbons (Fsp3) is 0.769. The lowest BCUT2D eigenvalue weighted by molar-refractivity contribution is 0.486. The van der Waals surface area contributed by atoms with Gasteiger partial charge in [0.1, 0.15) is 9.90 Å².